The van der Waals surface area contributed by atoms with Crippen LogP contribution in [0.25, 0.3) is 10.7 Å². The number of alkyl halides is 3. The molecule has 198 valence electrons. The number of furan rings is 1. The maximum atomic E-state index is 14.1. The van der Waals surface area contributed by atoms with Crippen molar-refractivity contribution < 1.29 is 27.2 Å². The predicted octanol–water partition coefficient (Wildman–Crippen LogP) is 4.85. The number of anilines is 1. The van der Waals surface area contributed by atoms with E-state index in [4.69, 9.17) is 4.42 Å². The largest absolute Gasteiger partial charge is 0.467 e. The van der Waals surface area contributed by atoms with Gasteiger partial charge < -0.3 is 9.73 Å². The van der Waals surface area contributed by atoms with Gasteiger partial charge in [-0.3, -0.25) is 14.5 Å². The van der Waals surface area contributed by atoms with E-state index in [0.717, 1.165) is 47.5 Å². The number of amides is 2. The number of tetrazole rings is 1. The fourth-order valence-corrected chi connectivity index (χ4v) is 5.17. The molecule has 0 aliphatic heterocycles. The molecule has 1 saturated carbocycles. The molecule has 1 N–H and O–H groups in total. The molecule has 1 aliphatic carbocycles. The third kappa shape index (κ3) is 5.47. The number of benzene rings is 1. The predicted molar refractivity (Wildman–Crippen MR) is 132 cm³/mol. The van der Waals surface area contributed by atoms with E-state index in [1.54, 1.807) is 12.1 Å². The number of para-hydroxylation sites is 1. The van der Waals surface area contributed by atoms with E-state index in [-0.39, 0.29) is 17.6 Å². The third-order valence-electron chi connectivity index (χ3n) is 6.23. The lowest BCUT2D eigenvalue weighted by atomic mass is 10.1. The summed E-state index contributed by atoms with van der Waals surface area (Å²) in [6.45, 7) is -0.557. The van der Waals surface area contributed by atoms with Crippen LogP contribution in [0, 0.1) is 0 Å². The molecule has 1 unspecified atom stereocenters. The summed E-state index contributed by atoms with van der Waals surface area (Å²) >= 11 is 1.37. The number of hydrogen-bond acceptors (Lipinski definition) is 7. The summed E-state index contributed by atoms with van der Waals surface area (Å²) in [5.74, 6) is -1.18. The van der Waals surface area contributed by atoms with Crippen LogP contribution in [0.3, 0.4) is 0 Å². The van der Waals surface area contributed by atoms with E-state index in [1.165, 1.54) is 41.9 Å². The van der Waals surface area contributed by atoms with Gasteiger partial charge in [0, 0.05) is 6.04 Å². The van der Waals surface area contributed by atoms with E-state index in [2.05, 4.69) is 20.7 Å². The molecule has 5 rings (SSSR count). The van der Waals surface area contributed by atoms with Crippen LogP contribution in [-0.2, 0) is 22.3 Å². The van der Waals surface area contributed by atoms with Crippen LogP contribution in [-0.4, -0.2) is 38.1 Å². The number of hydrogen-bond donors (Lipinski definition) is 1. The van der Waals surface area contributed by atoms with Crippen molar-refractivity contribution in [1.82, 2.24) is 25.5 Å². The van der Waals surface area contributed by atoms with Crippen molar-refractivity contribution in [1.29, 1.82) is 0 Å². The maximum Gasteiger partial charge on any atom is 0.418 e. The second-order valence-electron chi connectivity index (χ2n) is 8.81. The normalized spacial score (nSPS) is 14.9. The van der Waals surface area contributed by atoms with Crippen LogP contribution in [0.15, 0.2) is 64.6 Å². The molecule has 0 spiro atoms. The van der Waals surface area contributed by atoms with Gasteiger partial charge in [-0.25, -0.2) is 0 Å². The standard InChI is InChI=1S/C25H23F3N6O3S/c26-25(27,28)17-9-3-4-10-18(17)34(21(35)15-33-31-23(30-32-33)20-12-6-14-38-20)22(19-11-5-13-37-19)24(36)29-16-7-1-2-8-16/h3-6,9-14,16,22H,1-2,7-8,15H2,(H,29,36). The molecule has 4 aromatic rings. The smallest absolute Gasteiger partial charge is 0.418 e. The first kappa shape index (κ1) is 25.6. The van der Waals surface area contributed by atoms with Crippen molar-refractivity contribution >= 4 is 28.8 Å². The molecule has 0 radical (unpaired) electrons. The molecular formula is C25H23F3N6O3S. The third-order valence-corrected chi connectivity index (χ3v) is 7.10. The van der Waals surface area contributed by atoms with Gasteiger partial charge in [0.2, 0.25) is 5.82 Å². The zero-order chi connectivity index (χ0) is 26.7. The first-order valence-corrected chi connectivity index (χ1v) is 12.8. The molecule has 0 saturated heterocycles. The molecule has 3 aromatic heterocycles. The second kappa shape index (κ2) is 10.8. The van der Waals surface area contributed by atoms with E-state index in [0.29, 0.717) is 4.88 Å². The number of thiophene rings is 1. The minimum atomic E-state index is -4.79. The van der Waals surface area contributed by atoms with Crippen molar-refractivity contribution in [2.45, 2.75) is 50.5 Å². The molecule has 1 aromatic carbocycles. The molecule has 3 heterocycles. The Morgan fingerprint density at radius 1 is 1.13 bits per heavy atom. The minimum absolute atomic E-state index is 0.0247. The monoisotopic (exact) mass is 544 g/mol. The van der Waals surface area contributed by atoms with Crippen LogP contribution < -0.4 is 10.2 Å². The van der Waals surface area contributed by atoms with Crippen molar-refractivity contribution in [3.05, 3.63) is 71.5 Å². The molecule has 1 aliphatic rings. The molecule has 13 heteroatoms. The van der Waals surface area contributed by atoms with E-state index >= 15 is 0 Å². The lowest BCUT2D eigenvalue weighted by Gasteiger charge is -2.32. The zero-order valence-electron chi connectivity index (χ0n) is 20.0. The van der Waals surface area contributed by atoms with Crippen molar-refractivity contribution in [3.8, 4) is 10.7 Å². The Bertz CT molecular complexity index is 1380. The molecule has 2 amide bonds. The van der Waals surface area contributed by atoms with Crippen LogP contribution in [0.5, 0.6) is 0 Å². The molecule has 0 bridgehead atoms. The second-order valence-corrected chi connectivity index (χ2v) is 9.76. The SMILES string of the molecule is O=C(NC1CCCC1)C(c1ccco1)N(C(=O)Cn1nnc(-c2cccs2)n1)c1ccccc1C(F)(F)F. The van der Waals surface area contributed by atoms with Crippen molar-refractivity contribution in [2.24, 2.45) is 0 Å². The Kier molecular flexibility index (Phi) is 7.27. The van der Waals surface area contributed by atoms with Crippen LogP contribution in [0.2, 0.25) is 0 Å². The summed E-state index contributed by atoms with van der Waals surface area (Å²) in [5.41, 5.74) is -1.55. The van der Waals surface area contributed by atoms with Crippen LogP contribution in [0.4, 0.5) is 18.9 Å². The Labute approximate surface area is 219 Å². The molecule has 9 nitrogen and oxygen atoms in total. The van der Waals surface area contributed by atoms with Crippen LogP contribution in [0.1, 0.15) is 43.0 Å². The van der Waals surface area contributed by atoms with Crippen molar-refractivity contribution in [3.63, 3.8) is 0 Å². The van der Waals surface area contributed by atoms with Gasteiger partial charge in [-0.2, -0.15) is 18.0 Å². The topological polar surface area (TPSA) is 106 Å². The van der Waals surface area contributed by atoms with Crippen LogP contribution >= 0.6 is 11.3 Å². The number of nitrogens with zero attached hydrogens (tertiary/aromatic N) is 5. The van der Waals surface area contributed by atoms with Gasteiger partial charge in [-0.05, 0) is 53.8 Å². The number of aromatic nitrogens is 4. The van der Waals surface area contributed by atoms with Gasteiger partial charge in [-0.1, -0.05) is 31.0 Å². The Hall–Kier alpha value is -4.00. The Morgan fingerprint density at radius 3 is 2.61 bits per heavy atom. The highest BCUT2D eigenvalue weighted by Gasteiger charge is 2.42. The van der Waals surface area contributed by atoms with Gasteiger partial charge in [0.15, 0.2) is 6.04 Å². The zero-order valence-corrected chi connectivity index (χ0v) is 20.8. The van der Waals surface area contributed by atoms with Gasteiger partial charge >= 0.3 is 6.18 Å². The lowest BCUT2D eigenvalue weighted by molar-refractivity contribution is -0.137. The van der Waals surface area contributed by atoms with Gasteiger partial charge in [0.05, 0.1) is 22.4 Å². The quantitative estimate of drug-likeness (QED) is 0.340. The van der Waals surface area contributed by atoms with E-state index in [1.807, 2.05) is 5.38 Å². The fourth-order valence-electron chi connectivity index (χ4n) is 4.52. The van der Waals surface area contributed by atoms with E-state index in [9.17, 15) is 22.8 Å². The highest BCUT2D eigenvalue weighted by atomic mass is 32.1. The number of carbonyl (C=O) groups excluding carboxylic acids is 2. The number of carbonyl (C=O) groups is 2. The van der Waals surface area contributed by atoms with Crippen molar-refractivity contribution in [2.75, 3.05) is 4.90 Å². The molecule has 38 heavy (non-hydrogen) atoms. The fraction of sp³-hybridized carbons (Fsp3) is 0.320. The average Bonchev–Trinajstić information content (AvgIpc) is 3.69. The highest BCUT2D eigenvalue weighted by molar-refractivity contribution is 7.13. The number of nitrogens with one attached hydrogen (secondary N) is 1. The Balaban J connectivity index is 1.55. The average molecular weight is 545 g/mol. The first-order chi connectivity index (χ1) is 18.3. The number of halogens is 3. The summed E-state index contributed by atoms with van der Waals surface area (Å²) in [7, 11) is 0. The summed E-state index contributed by atoms with van der Waals surface area (Å²) in [6.07, 6.45) is -0.130. The summed E-state index contributed by atoms with van der Waals surface area (Å²) < 4.78 is 47.8. The maximum absolute atomic E-state index is 14.1. The first-order valence-electron chi connectivity index (χ1n) is 11.9. The van der Waals surface area contributed by atoms with E-state index < -0.39 is 41.8 Å². The van der Waals surface area contributed by atoms with Gasteiger partial charge in [0.1, 0.15) is 12.3 Å². The van der Waals surface area contributed by atoms with Gasteiger partial charge in [-0.15, -0.1) is 21.5 Å². The Morgan fingerprint density at radius 2 is 1.92 bits per heavy atom. The summed E-state index contributed by atoms with van der Waals surface area (Å²) in [6, 6.07) is 9.54. The molecular weight excluding hydrogens is 521 g/mol. The lowest BCUT2D eigenvalue weighted by Crippen LogP contribution is -2.47. The van der Waals surface area contributed by atoms with Gasteiger partial charge in [0.25, 0.3) is 11.8 Å². The minimum Gasteiger partial charge on any atom is -0.467 e. The summed E-state index contributed by atoms with van der Waals surface area (Å²) in [4.78, 5) is 29.9. The molecule has 1 fully saturated rings. The number of rotatable bonds is 8. The highest BCUT2D eigenvalue weighted by Crippen LogP contribution is 2.40. The summed E-state index contributed by atoms with van der Waals surface area (Å²) in [5, 5.41) is 16.8. The molecule has 1 atom stereocenters.